The van der Waals surface area contributed by atoms with Crippen molar-refractivity contribution >= 4 is 54.1 Å². The van der Waals surface area contributed by atoms with Crippen molar-refractivity contribution in [3.05, 3.63) is 84.9 Å². The van der Waals surface area contributed by atoms with Crippen molar-refractivity contribution in [2.45, 2.75) is 9.79 Å². The topological polar surface area (TPSA) is 168 Å². The minimum absolute atomic E-state index is 0.165. The third-order valence-corrected chi connectivity index (χ3v) is 9.80. The number of nitrogens with zero attached hydrogens (tertiary/aromatic N) is 2. The number of benzene rings is 4. The molecule has 220 valence electrons. The molecule has 0 spiro atoms. The number of sulfonamides is 2. The molecule has 2 N–H and O–H groups in total. The van der Waals surface area contributed by atoms with E-state index in [4.69, 9.17) is 9.47 Å². The molecular weight excluding hydrogens is 588 g/mol. The molecule has 0 aliphatic heterocycles. The van der Waals surface area contributed by atoms with Crippen molar-refractivity contribution in [1.29, 1.82) is 0 Å². The van der Waals surface area contributed by atoms with E-state index in [0.717, 1.165) is 6.07 Å². The minimum atomic E-state index is -4.53. The third-order valence-electron chi connectivity index (χ3n) is 6.23. The zero-order valence-electron chi connectivity index (χ0n) is 22.4. The predicted octanol–water partition coefficient (Wildman–Crippen LogP) is 3.42. The Morgan fingerprint density at radius 3 is 1.60 bits per heavy atom. The summed E-state index contributed by atoms with van der Waals surface area (Å²) < 4.78 is 66.5. The molecule has 0 amide bonds. The van der Waals surface area contributed by atoms with Crippen LogP contribution in [-0.4, -0.2) is 66.3 Å². The van der Waals surface area contributed by atoms with Crippen LogP contribution in [0.5, 0.6) is 11.5 Å². The number of ether oxygens (including phenoxy) is 2. The molecule has 12 nitrogen and oxygen atoms in total. The Hall–Kier alpha value is -4.82. The Morgan fingerprint density at radius 2 is 1.12 bits per heavy atom. The standard InChI is InChI=1S/C28H26N2O10S2/c1-39-21-7-11-23(12-8-21)41(35,36)29(17-27(31)32)20-15-19-5-3-4-6-25(19)26(16-20)30(18-28(33)34)42(37,38)24-13-9-22(40-2)10-14-24/h3-16H,17-18H2,1-2H3,(H,31,32)(H,33,34). The van der Waals surface area contributed by atoms with Crippen LogP contribution in [-0.2, 0) is 29.6 Å². The lowest BCUT2D eigenvalue weighted by atomic mass is 10.1. The van der Waals surface area contributed by atoms with Crippen LogP contribution in [0.4, 0.5) is 11.4 Å². The Morgan fingerprint density at radius 1 is 0.667 bits per heavy atom. The molecule has 0 bridgehead atoms. The van der Waals surface area contributed by atoms with Crippen molar-refractivity contribution in [3.63, 3.8) is 0 Å². The van der Waals surface area contributed by atoms with Gasteiger partial charge >= 0.3 is 11.9 Å². The van der Waals surface area contributed by atoms with Gasteiger partial charge in [0, 0.05) is 5.39 Å². The normalized spacial score (nSPS) is 11.6. The maximum absolute atomic E-state index is 13.8. The number of carbonyl (C=O) groups is 2. The van der Waals surface area contributed by atoms with Crippen LogP contribution in [0.3, 0.4) is 0 Å². The van der Waals surface area contributed by atoms with Gasteiger partial charge in [0.05, 0.1) is 35.4 Å². The second-order valence-corrected chi connectivity index (χ2v) is 12.6. The first-order chi connectivity index (χ1) is 19.9. The number of methoxy groups -OCH3 is 2. The molecule has 0 heterocycles. The van der Waals surface area contributed by atoms with Gasteiger partial charge in [-0.15, -0.1) is 0 Å². The zero-order valence-corrected chi connectivity index (χ0v) is 24.0. The Kier molecular flexibility index (Phi) is 8.59. The summed E-state index contributed by atoms with van der Waals surface area (Å²) in [5.41, 5.74) is -0.358. The van der Waals surface area contributed by atoms with Gasteiger partial charge in [-0.25, -0.2) is 16.8 Å². The van der Waals surface area contributed by atoms with E-state index in [1.165, 1.54) is 68.8 Å². The maximum Gasteiger partial charge on any atom is 0.324 e. The average molecular weight is 615 g/mol. The van der Waals surface area contributed by atoms with E-state index in [1.807, 2.05) is 0 Å². The van der Waals surface area contributed by atoms with Crippen molar-refractivity contribution in [3.8, 4) is 11.5 Å². The molecule has 4 aromatic carbocycles. The van der Waals surface area contributed by atoms with Crippen LogP contribution in [0.1, 0.15) is 0 Å². The molecule has 14 heteroatoms. The van der Waals surface area contributed by atoms with Gasteiger partial charge < -0.3 is 19.7 Å². The van der Waals surface area contributed by atoms with Gasteiger partial charge in [0.15, 0.2) is 0 Å². The number of carboxylic acid groups (broad SMARTS) is 2. The average Bonchev–Trinajstić information content (AvgIpc) is 2.98. The first kappa shape index (κ1) is 30.1. The Balaban J connectivity index is 1.97. The number of rotatable bonds is 12. The largest absolute Gasteiger partial charge is 0.497 e. The highest BCUT2D eigenvalue weighted by Crippen LogP contribution is 2.37. The zero-order chi connectivity index (χ0) is 30.7. The summed E-state index contributed by atoms with van der Waals surface area (Å²) >= 11 is 0. The fourth-order valence-electron chi connectivity index (χ4n) is 4.24. The quantitative estimate of drug-likeness (QED) is 0.241. The van der Waals surface area contributed by atoms with Crippen LogP contribution in [0.25, 0.3) is 10.8 Å². The number of fused-ring (bicyclic) bond motifs is 1. The molecule has 0 fully saturated rings. The van der Waals surface area contributed by atoms with Crippen LogP contribution in [0, 0.1) is 0 Å². The highest BCUT2D eigenvalue weighted by molar-refractivity contribution is 7.93. The molecule has 4 rings (SSSR count). The molecule has 4 aromatic rings. The molecule has 0 atom stereocenters. The summed E-state index contributed by atoms with van der Waals surface area (Å²) in [6.45, 7) is -2.01. The van der Waals surface area contributed by atoms with Crippen molar-refractivity contribution in [1.82, 2.24) is 0 Å². The minimum Gasteiger partial charge on any atom is -0.497 e. The van der Waals surface area contributed by atoms with Gasteiger partial charge in [0.1, 0.15) is 24.6 Å². The molecule has 0 saturated heterocycles. The van der Waals surface area contributed by atoms with E-state index in [-0.39, 0.29) is 26.6 Å². The lowest BCUT2D eigenvalue weighted by molar-refractivity contribution is -0.136. The fraction of sp³-hybridized carbons (Fsp3) is 0.143. The second-order valence-electron chi connectivity index (χ2n) is 8.85. The summed E-state index contributed by atoms with van der Waals surface area (Å²) in [5.74, 6) is -2.20. The fourth-order valence-corrected chi connectivity index (χ4v) is 7.06. The first-order valence-electron chi connectivity index (χ1n) is 12.2. The maximum atomic E-state index is 13.8. The van der Waals surface area contributed by atoms with Crippen molar-refractivity contribution < 1.29 is 46.1 Å². The van der Waals surface area contributed by atoms with Gasteiger partial charge in [-0.2, -0.15) is 0 Å². The summed E-state index contributed by atoms with van der Waals surface area (Å²) in [6, 6.07) is 19.5. The van der Waals surface area contributed by atoms with Gasteiger partial charge in [0.2, 0.25) is 0 Å². The van der Waals surface area contributed by atoms with E-state index in [0.29, 0.717) is 25.5 Å². The number of hydrogen-bond acceptors (Lipinski definition) is 8. The molecule has 0 aromatic heterocycles. The molecule has 42 heavy (non-hydrogen) atoms. The van der Waals surface area contributed by atoms with Gasteiger partial charge in [-0.1, -0.05) is 24.3 Å². The lowest BCUT2D eigenvalue weighted by Gasteiger charge is -2.28. The third kappa shape index (κ3) is 6.09. The molecule has 0 saturated carbocycles. The van der Waals surface area contributed by atoms with Crippen LogP contribution >= 0.6 is 0 Å². The van der Waals surface area contributed by atoms with Gasteiger partial charge in [-0.3, -0.25) is 18.2 Å². The van der Waals surface area contributed by atoms with E-state index >= 15 is 0 Å². The SMILES string of the molecule is COc1ccc(S(=O)(=O)N(CC(=O)O)c2cc(N(CC(=O)O)S(=O)(=O)c3ccc(OC)cc3)c3ccccc3c2)cc1. The highest BCUT2D eigenvalue weighted by atomic mass is 32.2. The number of anilines is 2. The second kappa shape index (κ2) is 12.0. The lowest BCUT2D eigenvalue weighted by Crippen LogP contribution is -2.37. The Bertz CT molecular complexity index is 1840. The van der Waals surface area contributed by atoms with Gasteiger partial charge in [-0.05, 0) is 66.0 Å². The summed E-state index contributed by atoms with van der Waals surface area (Å²) in [5, 5.41) is 20.0. The van der Waals surface area contributed by atoms with E-state index in [2.05, 4.69) is 0 Å². The smallest absolute Gasteiger partial charge is 0.324 e. The Labute approximate surface area is 242 Å². The van der Waals surface area contributed by atoms with Crippen molar-refractivity contribution in [2.75, 3.05) is 35.9 Å². The molecular formula is C28H26N2O10S2. The first-order valence-corrected chi connectivity index (χ1v) is 15.1. The van der Waals surface area contributed by atoms with Crippen LogP contribution in [0.15, 0.2) is 94.7 Å². The number of carboxylic acids is 2. The van der Waals surface area contributed by atoms with Crippen molar-refractivity contribution in [2.24, 2.45) is 0 Å². The van der Waals surface area contributed by atoms with Crippen LogP contribution in [0.2, 0.25) is 0 Å². The number of hydrogen-bond donors (Lipinski definition) is 2. The summed E-state index contributed by atoms with van der Waals surface area (Å²) in [4.78, 5) is 23.3. The predicted molar refractivity (Wildman–Crippen MR) is 154 cm³/mol. The van der Waals surface area contributed by atoms with E-state index < -0.39 is 45.1 Å². The molecule has 0 unspecified atom stereocenters. The monoisotopic (exact) mass is 614 g/mol. The highest BCUT2D eigenvalue weighted by Gasteiger charge is 2.32. The van der Waals surface area contributed by atoms with E-state index in [1.54, 1.807) is 24.3 Å². The summed E-state index contributed by atoms with van der Waals surface area (Å²) in [6.07, 6.45) is 0. The number of aliphatic carboxylic acids is 2. The summed E-state index contributed by atoms with van der Waals surface area (Å²) in [7, 11) is -6.23. The van der Waals surface area contributed by atoms with Gasteiger partial charge in [0.25, 0.3) is 20.0 Å². The molecule has 0 radical (unpaired) electrons. The molecule has 0 aliphatic rings. The van der Waals surface area contributed by atoms with E-state index in [9.17, 15) is 36.6 Å². The molecule has 0 aliphatic carbocycles. The van der Waals surface area contributed by atoms with Crippen LogP contribution < -0.4 is 18.1 Å².